The highest BCUT2D eigenvalue weighted by atomic mass is 32.2. The van der Waals surface area contributed by atoms with Crippen LogP contribution < -0.4 is 0 Å². The minimum absolute atomic E-state index is 0.138. The lowest BCUT2D eigenvalue weighted by atomic mass is 10.3. The predicted octanol–water partition coefficient (Wildman–Crippen LogP) is 0.913. The summed E-state index contributed by atoms with van der Waals surface area (Å²) in [7, 11) is -3.28. The fraction of sp³-hybridized carbons (Fsp3) is 0.250. The zero-order chi connectivity index (χ0) is 9.90. The van der Waals surface area contributed by atoms with Crippen LogP contribution in [0.2, 0.25) is 0 Å². The molecule has 0 aliphatic heterocycles. The quantitative estimate of drug-likeness (QED) is 0.663. The summed E-state index contributed by atoms with van der Waals surface area (Å²) in [4.78, 5) is 7.44. The molecular weight excluding hydrogens is 188 g/mol. The van der Waals surface area contributed by atoms with Crippen molar-refractivity contribution in [2.45, 2.75) is 12.1 Å². The predicted molar refractivity (Wildman–Crippen MR) is 49.8 cm³/mol. The average Bonchev–Trinajstić information content (AvgIpc) is 2.04. The van der Waals surface area contributed by atoms with E-state index in [1.165, 1.54) is 12.4 Å². The first-order chi connectivity index (χ1) is 6.04. The zero-order valence-corrected chi connectivity index (χ0v) is 8.25. The van der Waals surface area contributed by atoms with Crippen LogP contribution in [-0.4, -0.2) is 24.6 Å². The molecule has 0 aromatic carbocycles. The molecule has 5 heteroatoms. The van der Waals surface area contributed by atoms with E-state index >= 15 is 0 Å². The number of allylic oxidation sites excluding steroid dienone is 1. The molecule has 0 unspecified atom stereocenters. The maximum absolute atomic E-state index is 11.0. The maximum Gasteiger partial charge on any atom is 0.246 e. The third-order valence-corrected chi connectivity index (χ3v) is 2.21. The van der Waals surface area contributed by atoms with Crippen molar-refractivity contribution >= 4 is 15.9 Å². The molecule has 1 aromatic heterocycles. The second-order valence-electron chi connectivity index (χ2n) is 2.57. The fourth-order valence-corrected chi connectivity index (χ4v) is 1.28. The van der Waals surface area contributed by atoms with E-state index in [-0.39, 0.29) is 5.16 Å². The molecule has 4 nitrogen and oxygen atoms in total. The van der Waals surface area contributed by atoms with Crippen LogP contribution in [0.25, 0.3) is 6.08 Å². The Bertz CT molecular complexity index is 406. The molecule has 0 saturated heterocycles. The number of sulfone groups is 1. The Morgan fingerprint density at radius 1 is 1.31 bits per heavy atom. The summed E-state index contributed by atoms with van der Waals surface area (Å²) in [5.41, 5.74) is 0.787. The van der Waals surface area contributed by atoms with Crippen molar-refractivity contribution in [1.29, 1.82) is 0 Å². The minimum Gasteiger partial charge on any atom is -0.226 e. The maximum atomic E-state index is 11.0. The highest BCUT2D eigenvalue weighted by Gasteiger charge is 2.08. The van der Waals surface area contributed by atoms with Crippen molar-refractivity contribution in [3.05, 3.63) is 24.0 Å². The van der Waals surface area contributed by atoms with E-state index in [1.54, 1.807) is 6.08 Å². The first-order valence-corrected chi connectivity index (χ1v) is 5.58. The lowest BCUT2D eigenvalue weighted by Gasteiger charge is -1.95. The number of hydrogen-bond donors (Lipinski definition) is 0. The lowest BCUT2D eigenvalue weighted by Crippen LogP contribution is -2.03. The molecule has 0 saturated carbocycles. The van der Waals surface area contributed by atoms with E-state index in [9.17, 15) is 8.42 Å². The van der Waals surface area contributed by atoms with Crippen LogP contribution >= 0.6 is 0 Å². The molecule has 0 atom stereocenters. The molecule has 0 bridgehead atoms. The van der Waals surface area contributed by atoms with E-state index in [4.69, 9.17) is 0 Å². The van der Waals surface area contributed by atoms with Gasteiger partial charge < -0.3 is 0 Å². The van der Waals surface area contributed by atoms with Crippen molar-refractivity contribution in [1.82, 2.24) is 9.97 Å². The van der Waals surface area contributed by atoms with Crippen LogP contribution in [0, 0.1) is 0 Å². The first-order valence-electron chi connectivity index (χ1n) is 3.69. The van der Waals surface area contributed by atoms with Gasteiger partial charge in [0.25, 0.3) is 0 Å². The molecule has 13 heavy (non-hydrogen) atoms. The van der Waals surface area contributed by atoms with Gasteiger partial charge in [0.2, 0.25) is 15.0 Å². The van der Waals surface area contributed by atoms with E-state index in [0.29, 0.717) is 0 Å². The standard InChI is InChI=1S/C8H10N2O2S/c1-3-4-7-5-9-8(10-6-7)13(2,11)12/h3-6H,1-2H3/b4-3+. The van der Waals surface area contributed by atoms with Crippen LogP contribution in [0.1, 0.15) is 12.5 Å². The Morgan fingerprint density at radius 2 is 1.85 bits per heavy atom. The smallest absolute Gasteiger partial charge is 0.226 e. The average molecular weight is 198 g/mol. The first kappa shape index (κ1) is 9.85. The molecule has 1 rings (SSSR count). The van der Waals surface area contributed by atoms with Gasteiger partial charge in [0.15, 0.2) is 0 Å². The third kappa shape index (κ3) is 2.62. The minimum atomic E-state index is -3.28. The van der Waals surface area contributed by atoms with Gasteiger partial charge in [-0.25, -0.2) is 18.4 Å². The van der Waals surface area contributed by atoms with Crippen molar-refractivity contribution in [3.8, 4) is 0 Å². The molecule has 1 aromatic rings. The van der Waals surface area contributed by atoms with Gasteiger partial charge in [-0.1, -0.05) is 12.2 Å². The fourth-order valence-electron chi connectivity index (χ4n) is 0.796. The molecule has 0 spiro atoms. The third-order valence-electron chi connectivity index (χ3n) is 1.34. The largest absolute Gasteiger partial charge is 0.246 e. The summed E-state index contributed by atoms with van der Waals surface area (Å²) in [6.45, 7) is 1.87. The van der Waals surface area contributed by atoms with Gasteiger partial charge >= 0.3 is 0 Å². The number of hydrogen-bond acceptors (Lipinski definition) is 4. The molecule has 0 aliphatic rings. The Hall–Kier alpha value is -1.23. The molecule has 0 fully saturated rings. The molecule has 0 N–H and O–H groups in total. The molecule has 0 radical (unpaired) electrons. The van der Waals surface area contributed by atoms with Gasteiger partial charge in [0.1, 0.15) is 0 Å². The number of rotatable bonds is 2. The van der Waals surface area contributed by atoms with E-state index in [0.717, 1.165) is 11.8 Å². The molecule has 1 heterocycles. The monoisotopic (exact) mass is 198 g/mol. The summed E-state index contributed by atoms with van der Waals surface area (Å²) < 4.78 is 21.9. The van der Waals surface area contributed by atoms with Gasteiger partial charge in [0.05, 0.1) is 0 Å². The second-order valence-corrected chi connectivity index (χ2v) is 4.48. The van der Waals surface area contributed by atoms with Crippen LogP contribution in [-0.2, 0) is 9.84 Å². The normalized spacial score (nSPS) is 12.2. The Labute approximate surface area is 77.3 Å². The van der Waals surface area contributed by atoms with E-state index < -0.39 is 9.84 Å². The number of nitrogens with zero attached hydrogens (tertiary/aromatic N) is 2. The molecule has 0 amide bonds. The highest BCUT2D eigenvalue weighted by molar-refractivity contribution is 7.90. The van der Waals surface area contributed by atoms with Gasteiger partial charge in [0, 0.05) is 24.2 Å². The molecule has 0 aliphatic carbocycles. The van der Waals surface area contributed by atoms with Crippen molar-refractivity contribution < 1.29 is 8.42 Å². The van der Waals surface area contributed by atoms with Crippen LogP contribution in [0.15, 0.2) is 23.6 Å². The van der Waals surface area contributed by atoms with Crippen LogP contribution in [0.3, 0.4) is 0 Å². The van der Waals surface area contributed by atoms with Crippen molar-refractivity contribution in [3.63, 3.8) is 0 Å². The van der Waals surface area contributed by atoms with E-state index in [1.807, 2.05) is 13.0 Å². The topological polar surface area (TPSA) is 59.9 Å². The molecular formula is C8H10N2O2S. The lowest BCUT2D eigenvalue weighted by molar-refractivity contribution is 0.593. The van der Waals surface area contributed by atoms with Crippen molar-refractivity contribution in [2.24, 2.45) is 0 Å². The van der Waals surface area contributed by atoms with Gasteiger partial charge in [-0.3, -0.25) is 0 Å². The Balaban J connectivity index is 3.08. The Morgan fingerprint density at radius 3 is 2.23 bits per heavy atom. The summed E-state index contributed by atoms with van der Waals surface area (Å²) in [6, 6.07) is 0. The summed E-state index contributed by atoms with van der Waals surface area (Å²) in [6.07, 6.45) is 7.66. The Kier molecular flexibility index (Phi) is 2.77. The highest BCUT2D eigenvalue weighted by Crippen LogP contribution is 2.03. The van der Waals surface area contributed by atoms with Crippen molar-refractivity contribution in [2.75, 3.05) is 6.26 Å². The van der Waals surface area contributed by atoms with Gasteiger partial charge in [-0.2, -0.15) is 0 Å². The van der Waals surface area contributed by atoms with Crippen LogP contribution in [0.4, 0.5) is 0 Å². The van der Waals surface area contributed by atoms with Gasteiger partial charge in [-0.05, 0) is 6.92 Å². The number of aromatic nitrogens is 2. The van der Waals surface area contributed by atoms with Gasteiger partial charge in [-0.15, -0.1) is 0 Å². The summed E-state index contributed by atoms with van der Waals surface area (Å²) >= 11 is 0. The zero-order valence-electron chi connectivity index (χ0n) is 7.43. The van der Waals surface area contributed by atoms with E-state index in [2.05, 4.69) is 9.97 Å². The summed E-state index contributed by atoms with van der Waals surface area (Å²) in [5, 5.41) is -0.138. The molecule has 70 valence electrons. The summed E-state index contributed by atoms with van der Waals surface area (Å²) in [5.74, 6) is 0. The second kappa shape index (κ2) is 3.66. The SMILES string of the molecule is C/C=C/c1cnc(S(C)(=O)=O)nc1. The van der Waals surface area contributed by atoms with Crippen LogP contribution in [0.5, 0.6) is 0 Å².